The fraction of sp³-hybridized carbons (Fsp3) is 0.667. The number of aromatic nitrogens is 2. The molecule has 0 saturated carbocycles. The van der Waals surface area contributed by atoms with Gasteiger partial charge in [0, 0.05) is 19.1 Å². The highest BCUT2D eigenvalue weighted by atomic mass is 35.5. The summed E-state index contributed by atoms with van der Waals surface area (Å²) in [6, 6.07) is 0. The molecule has 0 aliphatic carbocycles. The fourth-order valence-corrected chi connectivity index (χ4v) is 2.20. The van der Waals surface area contributed by atoms with E-state index in [2.05, 4.69) is 22.2 Å². The van der Waals surface area contributed by atoms with Gasteiger partial charge in [-0.3, -0.25) is 0 Å². The molecular formula is C12H18ClN3O. The molecule has 1 aromatic rings. The van der Waals surface area contributed by atoms with E-state index < -0.39 is 0 Å². The van der Waals surface area contributed by atoms with Gasteiger partial charge in [-0.2, -0.15) is 0 Å². The molecule has 2 rings (SSSR count). The van der Waals surface area contributed by atoms with Crippen LogP contribution in [0.3, 0.4) is 0 Å². The number of hydrogen-bond donors (Lipinski definition) is 1. The maximum Gasteiger partial charge on any atom is 0.171 e. The third kappa shape index (κ3) is 2.87. The van der Waals surface area contributed by atoms with Crippen molar-refractivity contribution in [3.8, 4) is 0 Å². The molecule has 2 heterocycles. The summed E-state index contributed by atoms with van der Waals surface area (Å²) in [6.07, 6.45) is 1.39. The van der Waals surface area contributed by atoms with Gasteiger partial charge in [0.05, 0.1) is 17.5 Å². The van der Waals surface area contributed by atoms with E-state index in [1.807, 2.05) is 13.8 Å². The largest absolute Gasteiger partial charge is 0.378 e. The van der Waals surface area contributed by atoms with Crippen LogP contribution < -0.4 is 5.32 Å². The quantitative estimate of drug-likeness (QED) is 0.902. The molecule has 1 saturated heterocycles. The molecule has 0 aromatic carbocycles. The second kappa shape index (κ2) is 5.19. The SMILES string of the molecule is Cc1nc(Cl)c(NCC2CCOC2C)nc1C. The molecule has 4 nitrogen and oxygen atoms in total. The number of anilines is 1. The van der Waals surface area contributed by atoms with Gasteiger partial charge < -0.3 is 10.1 Å². The molecule has 17 heavy (non-hydrogen) atoms. The Morgan fingerprint density at radius 2 is 2.06 bits per heavy atom. The van der Waals surface area contributed by atoms with Crippen LogP contribution in [0.2, 0.25) is 5.15 Å². The van der Waals surface area contributed by atoms with Gasteiger partial charge in [0.2, 0.25) is 0 Å². The average Bonchev–Trinajstić information content (AvgIpc) is 2.68. The highest BCUT2D eigenvalue weighted by Gasteiger charge is 2.24. The summed E-state index contributed by atoms with van der Waals surface area (Å²) in [5.74, 6) is 1.20. The Morgan fingerprint density at radius 3 is 2.71 bits per heavy atom. The van der Waals surface area contributed by atoms with Crippen molar-refractivity contribution < 1.29 is 4.74 Å². The van der Waals surface area contributed by atoms with Gasteiger partial charge in [-0.05, 0) is 27.2 Å². The molecule has 1 aliphatic heterocycles. The van der Waals surface area contributed by atoms with Crippen LogP contribution in [0.4, 0.5) is 5.82 Å². The maximum absolute atomic E-state index is 6.06. The van der Waals surface area contributed by atoms with Gasteiger partial charge >= 0.3 is 0 Å². The third-order valence-corrected chi connectivity index (χ3v) is 3.59. The van der Waals surface area contributed by atoms with Gasteiger partial charge in [-0.25, -0.2) is 9.97 Å². The molecular weight excluding hydrogens is 238 g/mol. The first-order valence-corrected chi connectivity index (χ1v) is 6.32. The average molecular weight is 256 g/mol. The van der Waals surface area contributed by atoms with Crippen LogP contribution in [-0.4, -0.2) is 29.2 Å². The summed E-state index contributed by atoms with van der Waals surface area (Å²) in [5, 5.41) is 3.71. The highest BCUT2D eigenvalue weighted by Crippen LogP contribution is 2.23. The standard InChI is InChI=1S/C12H18ClN3O/c1-7-8(2)16-12(11(13)15-7)14-6-10-4-5-17-9(10)3/h9-10H,4-6H2,1-3H3,(H,14,16). The molecule has 1 aromatic heterocycles. The zero-order valence-electron chi connectivity index (χ0n) is 10.5. The predicted octanol–water partition coefficient (Wildman–Crippen LogP) is 2.58. The molecule has 0 radical (unpaired) electrons. The lowest BCUT2D eigenvalue weighted by atomic mass is 10.0. The third-order valence-electron chi connectivity index (χ3n) is 3.33. The first kappa shape index (κ1) is 12.6. The normalized spacial score (nSPS) is 24.0. The van der Waals surface area contributed by atoms with E-state index in [1.165, 1.54) is 0 Å². The zero-order valence-corrected chi connectivity index (χ0v) is 11.2. The van der Waals surface area contributed by atoms with Crippen molar-refractivity contribution in [2.45, 2.75) is 33.3 Å². The van der Waals surface area contributed by atoms with E-state index in [1.54, 1.807) is 0 Å². The van der Waals surface area contributed by atoms with Gasteiger partial charge in [-0.1, -0.05) is 11.6 Å². The smallest absolute Gasteiger partial charge is 0.171 e. The number of halogens is 1. The predicted molar refractivity (Wildman–Crippen MR) is 68.5 cm³/mol. The summed E-state index contributed by atoms with van der Waals surface area (Å²) in [5.41, 5.74) is 1.78. The lowest BCUT2D eigenvalue weighted by Gasteiger charge is -2.16. The van der Waals surface area contributed by atoms with Crippen LogP contribution in [0.1, 0.15) is 24.7 Å². The van der Waals surface area contributed by atoms with Gasteiger partial charge in [0.15, 0.2) is 11.0 Å². The van der Waals surface area contributed by atoms with E-state index in [0.29, 0.717) is 23.0 Å². The van der Waals surface area contributed by atoms with Gasteiger partial charge in [-0.15, -0.1) is 0 Å². The van der Waals surface area contributed by atoms with E-state index in [4.69, 9.17) is 16.3 Å². The van der Waals surface area contributed by atoms with Crippen LogP contribution >= 0.6 is 11.6 Å². The molecule has 0 amide bonds. The molecule has 94 valence electrons. The monoisotopic (exact) mass is 255 g/mol. The Bertz CT molecular complexity index is 411. The van der Waals surface area contributed by atoms with Crippen molar-refractivity contribution in [1.29, 1.82) is 0 Å². The Labute approximate surface area is 107 Å². The van der Waals surface area contributed by atoms with Crippen molar-refractivity contribution in [2.75, 3.05) is 18.5 Å². The number of hydrogen-bond acceptors (Lipinski definition) is 4. The molecule has 0 spiro atoms. The molecule has 1 aliphatic rings. The summed E-state index contributed by atoms with van der Waals surface area (Å²) >= 11 is 6.06. The Kier molecular flexibility index (Phi) is 3.84. The summed E-state index contributed by atoms with van der Waals surface area (Å²) in [7, 11) is 0. The topological polar surface area (TPSA) is 47.0 Å². The van der Waals surface area contributed by atoms with Crippen molar-refractivity contribution in [2.24, 2.45) is 5.92 Å². The Hall–Kier alpha value is -0.870. The number of aryl methyl sites for hydroxylation is 2. The number of nitrogens with zero attached hydrogens (tertiary/aromatic N) is 2. The first-order valence-electron chi connectivity index (χ1n) is 5.94. The van der Waals surface area contributed by atoms with Crippen LogP contribution in [0, 0.1) is 19.8 Å². The summed E-state index contributed by atoms with van der Waals surface area (Å²) in [6.45, 7) is 7.63. The minimum Gasteiger partial charge on any atom is -0.378 e. The summed E-state index contributed by atoms with van der Waals surface area (Å²) in [4.78, 5) is 8.66. The van der Waals surface area contributed by atoms with Crippen LogP contribution in [0.5, 0.6) is 0 Å². The van der Waals surface area contributed by atoms with E-state index in [0.717, 1.165) is 31.0 Å². The van der Waals surface area contributed by atoms with E-state index in [9.17, 15) is 0 Å². The van der Waals surface area contributed by atoms with Crippen LogP contribution in [0.15, 0.2) is 0 Å². The van der Waals surface area contributed by atoms with Crippen molar-refractivity contribution in [3.63, 3.8) is 0 Å². The summed E-state index contributed by atoms with van der Waals surface area (Å²) < 4.78 is 5.52. The molecule has 2 unspecified atom stereocenters. The minimum atomic E-state index is 0.306. The second-order valence-corrected chi connectivity index (χ2v) is 4.90. The molecule has 1 N–H and O–H groups in total. The van der Waals surface area contributed by atoms with E-state index in [-0.39, 0.29) is 0 Å². The number of ether oxygens (including phenoxy) is 1. The number of nitrogens with one attached hydrogen (secondary N) is 1. The molecule has 2 atom stereocenters. The first-order chi connectivity index (χ1) is 8.08. The fourth-order valence-electron chi connectivity index (χ4n) is 1.96. The number of rotatable bonds is 3. The Morgan fingerprint density at radius 1 is 1.35 bits per heavy atom. The zero-order chi connectivity index (χ0) is 12.4. The molecule has 0 bridgehead atoms. The molecule has 5 heteroatoms. The van der Waals surface area contributed by atoms with E-state index >= 15 is 0 Å². The maximum atomic E-state index is 6.06. The van der Waals surface area contributed by atoms with Crippen molar-refractivity contribution in [3.05, 3.63) is 16.5 Å². The van der Waals surface area contributed by atoms with Gasteiger partial charge in [0.1, 0.15) is 0 Å². The second-order valence-electron chi connectivity index (χ2n) is 4.54. The Balaban J connectivity index is 2.01. The lowest BCUT2D eigenvalue weighted by Crippen LogP contribution is -2.21. The minimum absolute atomic E-state index is 0.306. The molecule has 1 fully saturated rings. The van der Waals surface area contributed by atoms with Crippen molar-refractivity contribution >= 4 is 17.4 Å². The highest BCUT2D eigenvalue weighted by molar-refractivity contribution is 6.31. The van der Waals surface area contributed by atoms with Crippen LogP contribution in [0.25, 0.3) is 0 Å². The van der Waals surface area contributed by atoms with Crippen LogP contribution in [-0.2, 0) is 4.74 Å². The van der Waals surface area contributed by atoms with Gasteiger partial charge in [0.25, 0.3) is 0 Å². The lowest BCUT2D eigenvalue weighted by molar-refractivity contribution is 0.108. The van der Waals surface area contributed by atoms with Crippen molar-refractivity contribution in [1.82, 2.24) is 9.97 Å².